The second-order valence-corrected chi connectivity index (χ2v) is 9.89. The van der Waals surface area contributed by atoms with Crippen molar-refractivity contribution in [2.75, 3.05) is 6.61 Å². The van der Waals surface area contributed by atoms with Crippen LogP contribution in [0.3, 0.4) is 0 Å². The summed E-state index contributed by atoms with van der Waals surface area (Å²) in [7, 11) is 0. The molecule has 3 aliphatic rings. The van der Waals surface area contributed by atoms with Crippen LogP contribution in [-0.2, 0) is 22.3 Å². The number of hydrogen-bond donors (Lipinski definition) is 1. The van der Waals surface area contributed by atoms with Gasteiger partial charge in [-0.3, -0.25) is 0 Å². The van der Waals surface area contributed by atoms with E-state index in [0.717, 1.165) is 38.7 Å². The minimum Gasteiger partial charge on any atom is -0.508 e. The summed E-state index contributed by atoms with van der Waals surface area (Å²) in [6.45, 7) is 5.51. The van der Waals surface area contributed by atoms with E-state index in [0.29, 0.717) is 29.4 Å². The van der Waals surface area contributed by atoms with Crippen molar-refractivity contribution >= 4 is 0 Å². The number of aromatic hydroxyl groups is 1. The highest BCUT2D eigenvalue weighted by atomic mass is 16.7. The van der Waals surface area contributed by atoms with Crippen LogP contribution in [0.2, 0.25) is 0 Å². The Morgan fingerprint density at radius 2 is 2.13 bits per heavy atom. The minimum absolute atomic E-state index is 0.0201. The van der Waals surface area contributed by atoms with Gasteiger partial charge in [-0.15, -0.1) is 0 Å². The monoisotopic (exact) mass is 412 g/mol. The van der Waals surface area contributed by atoms with Crippen molar-refractivity contribution in [2.45, 2.75) is 90.4 Å². The molecule has 0 spiro atoms. The van der Waals surface area contributed by atoms with E-state index in [1.54, 1.807) is 0 Å². The standard InChI is InChI=1S/C27H40O3/c1-3-4-5-10-22(30-27-12-6-7-15-29-27)13-14-23-19(2)16-21-18-25-20(17-24(21)23)9-8-11-26(25)28/h8-9,11,13-14,19,21-24,27-28H,3-7,10,12,15-18H2,1-2H3/b14-13+/t19-,21?,22+,23+,24+,27?/m1/s1. The van der Waals surface area contributed by atoms with Gasteiger partial charge in [-0.1, -0.05) is 57.4 Å². The lowest BCUT2D eigenvalue weighted by molar-refractivity contribution is -0.179. The van der Waals surface area contributed by atoms with E-state index >= 15 is 0 Å². The Kier molecular flexibility index (Phi) is 7.54. The molecule has 1 heterocycles. The molecule has 2 fully saturated rings. The van der Waals surface area contributed by atoms with Crippen LogP contribution in [0, 0.1) is 23.7 Å². The van der Waals surface area contributed by atoms with Gasteiger partial charge < -0.3 is 14.6 Å². The summed E-state index contributed by atoms with van der Waals surface area (Å²) in [6, 6.07) is 6.06. The summed E-state index contributed by atoms with van der Waals surface area (Å²) in [5.74, 6) is 3.17. The van der Waals surface area contributed by atoms with E-state index in [4.69, 9.17) is 9.47 Å². The molecule has 0 aromatic heterocycles. The molecule has 0 radical (unpaired) electrons. The van der Waals surface area contributed by atoms with Gasteiger partial charge in [0.1, 0.15) is 5.75 Å². The summed E-state index contributed by atoms with van der Waals surface area (Å²) in [5, 5.41) is 10.3. The molecule has 4 rings (SSSR count). The number of hydrogen-bond acceptors (Lipinski definition) is 3. The Hall–Kier alpha value is -1.32. The molecule has 166 valence electrons. The van der Waals surface area contributed by atoms with Crippen LogP contribution >= 0.6 is 0 Å². The molecule has 30 heavy (non-hydrogen) atoms. The molecular weight excluding hydrogens is 372 g/mol. The fraction of sp³-hybridized carbons (Fsp3) is 0.704. The van der Waals surface area contributed by atoms with Crippen LogP contribution in [0.15, 0.2) is 30.4 Å². The van der Waals surface area contributed by atoms with Crippen molar-refractivity contribution in [1.29, 1.82) is 0 Å². The van der Waals surface area contributed by atoms with E-state index in [2.05, 4.69) is 32.1 Å². The normalized spacial score (nSPS) is 32.1. The fourth-order valence-corrected chi connectivity index (χ4v) is 6.05. The fourth-order valence-electron chi connectivity index (χ4n) is 6.05. The third kappa shape index (κ3) is 5.11. The Labute approximate surface area is 182 Å². The zero-order valence-corrected chi connectivity index (χ0v) is 18.9. The predicted octanol–water partition coefficient (Wildman–Crippen LogP) is 6.43. The molecule has 3 nitrogen and oxygen atoms in total. The van der Waals surface area contributed by atoms with Gasteiger partial charge >= 0.3 is 0 Å². The third-order valence-electron chi connectivity index (χ3n) is 7.71. The van der Waals surface area contributed by atoms with Gasteiger partial charge in [0.15, 0.2) is 6.29 Å². The lowest BCUT2D eigenvalue weighted by Gasteiger charge is -2.31. The maximum Gasteiger partial charge on any atom is 0.158 e. The molecule has 1 N–H and O–H groups in total. The molecule has 1 aliphatic heterocycles. The van der Waals surface area contributed by atoms with Crippen molar-refractivity contribution in [3.8, 4) is 5.75 Å². The maximum absolute atomic E-state index is 10.3. The van der Waals surface area contributed by atoms with Gasteiger partial charge in [-0.05, 0) is 85.8 Å². The van der Waals surface area contributed by atoms with Crippen LogP contribution < -0.4 is 0 Å². The quantitative estimate of drug-likeness (QED) is 0.395. The van der Waals surface area contributed by atoms with E-state index in [1.165, 1.54) is 43.2 Å². The van der Waals surface area contributed by atoms with Crippen LogP contribution in [0.5, 0.6) is 5.75 Å². The number of rotatable bonds is 8. The first kappa shape index (κ1) is 21.9. The number of allylic oxidation sites excluding steroid dienone is 1. The molecule has 0 amide bonds. The Morgan fingerprint density at radius 3 is 2.93 bits per heavy atom. The Bertz CT molecular complexity index is 706. The molecule has 2 unspecified atom stereocenters. The number of unbranched alkanes of at least 4 members (excludes halogenated alkanes) is 2. The highest BCUT2D eigenvalue weighted by Gasteiger charge is 2.42. The second-order valence-electron chi connectivity index (χ2n) is 9.89. The summed E-state index contributed by atoms with van der Waals surface area (Å²) in [4.78, 5) is 0. The van der Waals surface area contributed by atoms with Crippen molar-refractivity contribution in [3.05, 3.63) is 41.5 Å². The first-order chi connectivity index (χ1) is 14.7. The molecule has 1 saturated heterocycles. The highest BCUT2D eigenvalue weighted by Crippen LogP contribution is 2.49. The molecule has 3 heteroatoms. The molecule has 1 aromatic carbocycles. The molecular formula is C27H40O3. The largest absolute Gasteiger partial charge is 0.508 e. The third-order valence-corrected chi connectivity index (χ3v) is 7.71. The summed E-state index contributed by atoms with van der Waals surface area (Å²) < 4.78 is 12.3. The number of benzene rings is 1. The van der Waals surface area contributed by atoms with Gasteiger partial charge in [0.25, 0.3) is 0 Å². The Balaban J connectivity index is 1.44. The summed E-state index contributed by atoms with van der Waals surface area (Å²) in [5.41, 5.74) is 2.56. The van der Waals surface area contributed by atoms with Crippen LogP contribution in [-0.4, -0.2) is 24.1 Å². The van der Waals surface area contributed by atoms with E-state index < -0.39 is 0 Å². The first-order valence-corrected chi connectivity index (χ1v) is 12.4. The molecule has 6 atom stereocenters. The lowest BCUT2D eigenvalue weighted by atomic mass is 9.74. The smallest absolute Gasteiger partial charge is 0.158 e. The lowest BCUT2D eigenvalue weighted by Crippen LogP contribution is -2.28. The van der Waals surface area contributed by atoms with Crippen LogP contribution in [0.4, 0.5) is 0 Å². The topological polar surface area (TPSA) is 38.7 Å². The summed E-state index contributed by atoms with van der Waals surface area (Å²) in [6.07, 6.45) is 16.6. The highest BCUT2D eigenvalue weighted by molar-refractivity contribution is 5.42. The zero-order valence-electron chi connectivity index (χ0n) is 18.9. The van der Waals surface area contributed by atoms with Gasteiger partial charge in [-0.25, -0.2) is 0 Å². The number of phenolic OH excluding ortho intramolecular Hbond substituents is 1. The van der Waals surface area contributed by atoms with Crippen LogP contribution in [0.1, 0.15) is 76.3 Å². The van der Waals surface area contributed by atoms with E-state index in [-0.39, 0.29) is 12.4 Å². The van der Waals surface area contributed by atoms with Gasteiger partial charge in [0.05, 0.1) is 6.10 Å². The number of phenols is 1. The average molecular weight is 413 g/mol. The number of fused-ring (bicyclic) bond motifs is 2. The zero-order chi connectivity index (χ0) is 20.9. The van der Waals surface area contributed by atoms with Gasteiger partial charge in [0, 0.05) is 6.61 Å². The molecule has 0 bridgehead atoms. The predicted molar refractivity (Wildman–Crippen MR) is 122 cm³/mol. The maximum atomic E-state index is 10.3. The van der Waals surface area contributed by atoms with Crippen molar-refractivity contribution < 1.29 is 14.6 Å². The SMILES string of the molecule is CCCCC[C@@H](/C=C/[C@H]1[C@H](C)CC2Cc3c(O)cccc3C[C@@H]21)OC1CCCCO1. The first-order valence-electron chi connectivity index (χ1n) is 12.4. The van der Waals surface area contributed by atoms with Crippen LogP contribution in [0.25, 0.3) is 0 Å². The summed E-state index contributed by atoms with van der Waals surface area (Å²) >= 11 is 0. The van der Waals surface area contributed by atoms with Gasteiger partial charge in [-0.2, -0.15) is 0 Å². The molecule has 2 aliphatic carbocycles. The molecule has 1 saturated carbocycles. The Morgan fingerprint density at radius 1 is 1.23 bits per heavy atom. The second kappa shape index (κ2) is 10.3. The van der Waals surface area contributed by atoms with Crippen molar-refractivity contribution in [2.24, 2.45) is 23.7 Å². The average Bonchev–Trinajstić information content (AvgIpc) is 3.06. The van der Waals surface area contributed by atoms with Gasteiger partial charge in [0.2, 0.25) is 0 Å². The van der Waals surface area contributed by atoms with Crippen molar-refractivity contribution in [3.63, 3.8) is 0 Å². The number of ether oxygens (including phenoxy) is 2. The van der Waals surface area contributed by atoms with Crippen molar-refractivity contribution in [1.82, 2.24) is 0 Å². The van der Waals surface area contributed by atoms with E-state index in [9.17, 15) is 5.11 Å². The minimum atomic E-state index is -0.0201. The molecule has 1 aromatic rings. The van der Waals surface area contributed by atoms with E-state index in [1.807, 2.05) is 12.1 Å².